The second-order valence-corrected chi connectivity index (χ2v) is 9.78. The van der Waals surface area contributed by atoms with Gasteiger partial charge in [-0.05, 0) is 69.1 Å². The lowest BCUT2D eigenvalue weighted by Crippen LogP contribution is -2.52. The van der Waals surface area contributed by atoms with Crippen LogP contribution in [0, 0.1) is 0 Å². The van der Waals surface area contributed by atoms with Crippen molar-refractivity contribution < 1.29 is 48.9 Å². The Kier molecular flexibility index (Phi) is 14.5. The lowest BCUT2D eigenvalue weighted by molar-refractivity contribution is -0.158. The van der Waals surface area contributed by atoms with Gasteiger partial charge in [0.15, 0.2) is 6.04 Å². The number of aromatic nitrogens is 3. The lowest BCUT2D eigenvalue weighted by atomic mass is 10.1. The molecule has 43 heavy (non-hydrogen) atoms. The molecule has 1 unspecified atom stereocenters. The largest absolute Gasteiger partial charge is 0.481 e. The first-order valence-corrected chi connectivity index (χ1v) is 13.8. The third-order valence-corrected chi connectivity index (χ3v) is 6.44. The average molecular weight is 609 g/mol. The summed E-state index contributed by atoms with van der Waals surface area (Å²) in [6, 6.07) is 2.95. The van der Waals surface area contributed by atoms with Crippen LogP contribution >= 0.6 is 0 Å². The van der Waals surface area contributed by atoms with Crippen molar-refractivity contribution in [1.29, 1.82) is 0 Å². The summed E-state index contributed by atoms with van der Waals surface area (Å²) < 4.78 is 14.0. The van der Waals surface area contributed by atoms with Gasteiger partial charge in [-0.2, -0.15) is 5.06 Å². The van der Waals surface area contributed by atoms with E-state index < -0.39 is 55.5 Å². The number of carbonyl (C=O) groups is 5. The first-order chi connectivity index (χ1) is 20.5. The number of nitrogens with one attached hydrogen (secondary N) is 2. The smallest absolute Gasteiger partial charge is 0.342 e. The van der Waals surface area contributed by atoms with Crippen LogP contribution in [0.15, 0.2) is 30.5 Å². The molecule has 0 aliphatic rings. The molecular weight excluding hydrogens is 571 g/mol. The molecule has 0 radical (unpaired) electrons. The SMILES string of the molecule is O=C(O)CCC(C(=O)O)N(O)C(=O)N[C@@H](CCCCNC(=O)CCCc1ccc(-n2cc(CCCF)nn2)cc1)C(=O)O. The minimum atomic E-state index is -1.87. The molecule has 0 aliphatic heterocycles. The van der Waals surface area contributed by atoms with E-state index in [-0.39, 0.29) is 30.4 Å². The zero-order valence-electron chi connectivity index (χ0n) is 23.5. The van der Waals surface area contributed by atoms with Crippen LogP contribution in [-0.4, -0.2) is 95.7 Å². The summed E-state index contributed by atoms with van der Waals surface area (Å²) >= 11 is 0. The fraction of sp³-hybridized carbons (Fsp3) is 0.519. The van der Waals surface area contributed by atoms with Crippen LogP contribution in [0.25, 0.3) is 5.69 Å². The fourth-order valence-corrected chi connectivity index (χ4v) is 4.07. The number of hydrogen-bond donors (Lipinski definition) is 6. The van der Waals surface area contributed by atoms with Crippen molar-refractivity contribution >= 4 is 29.8 Å². The number of hydroxylamine groups is 2. The van der Waals surface area contributed by atoms with Crippen LogP contribution in [0.4, 0.5) is 9.18 Å². The molecule has 2 atom stereocenters. The Morgan fingerprint density at radius 1 is 0.907 bits per heavy atom. The highest BCUT2D eigenvalue weighted by molar-refractivity contribution is 5.85. The number of halogens is 1. The van der Waals surface area contributed by atoms with Crippen LogP contribution < -0.4 is 10.6 Å². The van der Waals surface area contributed by atoms with Gasteiger partial charge in [0.05, 0.1) is 24.3 Å². The van der Waals surface area contributed by atoms with Crippen LogP contribution in [0.1, 0.15) is 62.6 Å². The maximum atomic E-state index is 12.3. The molecule has 6 N–H and O–H groups in total. The van der Waals surface area contributed by atoms with Crippen LogP contribution in [0.3, 0.4) is 0 Å². The van der Waals surface area contributed by atoms with Gasteiger partial charge in [-0.25, -0.2) is 19.1 Å². The number of amides is 3. The summed E-state index contributed by atoms with van der Waals surface area (Å²) in [5, 5.41) is 49.7. The van der Waals surface area contributed by atoms with Crippen LogP contribution in [0.5, 0.6) is 0 Å². The first-order valence-electron chi connectivity index (χ1n) is 13.8. The van der Waals surface area contributed by atoms with Crippen molar-refractivity contribution in [2.75, 3.05) is 13.2 Å². The molecule has 1 aromatic carbocycles. The molecule has 2 rings (SSSR count). The van der Waals surface area contributed by atoms with Crippen LogP contribution in [-0.2, 0) is 32.0 Å². The lowest BCUT2D eigenvalue weighted by Gasteiger charge is -2.24. The number of aryl methyl sites for hydroxylation is 2. The Balaban J connectivity index is 1.67. The summed E-state index contributed by atoms with van der Waals surface area (Å²) in [7, 11) is 0. The molecule has 236 valence electrons. The van der Waals surface area contributed by atoms with E-state index in [2.05, 4.69) is 15.6 Å². The van der Waals surface area contributed by atoms with Gasteiger partial charge in [0.1, 0.15) is 6.04 Å². The molecule has 0 bridgehead atoms. The van der Waals surface area contributed by atoms with E-state index in [1.165, 1.54) is 0 Å². The number of rotatable bonds is 20. The third kappa shape index (κ3) is 12.4. The summed E-state index contributed by atoms with van der Waals surface area (Å²) in [4.78, 5) is 57.8. The highest BCUT2D eigenvalue weighted by atomic mass is 19.1. The van der Waals surface area contributed by atoms with E-state index in [1.807, 2.05) is 29.6 Å². The molecular formula is C27H37FN6O9. The normalized spacial score (nSPS) is 12.2. The Hall–Kier alpha value is -4.60. The highest BCUT2D eigenvalue weighted by Crippen LogP contribution is 2.13. The summed E-state index contributed by atoms with van der Waals surface area (Å²) in [6.07, 6.45) is 3.70. The fourth-order valence-electron chi connectivity index (χ4n) is 4.07. The third-order valence-electron chi connectivity index (χ3n) is 6.44. The van der Waals surface area contributed by atoms with Gasteiger partial charge in [-0.15, -0.1) is 5.10 Å². The number of carbonyl (C=O) groups excluding carboxylic acids is 2. The molecule has 2 aromatic rings. The Labute approximate surface area is 246 Å². The van der Waals surface area contributed by atoms with Crippen molar-refractivity contribution in [3.05, 3.63) is 41.7 Å². The number of aliphatic carboxylic acids is 3. The average Bonchev–Trinajstić information content (AvgIpc) is 3.44. The van der Waals surface area contributed by atoms with Gasteiger partial charge in [0.2, 0.25) is 5.91 Å². The molecule has 0 saturated heterocycles. The van der Waals surface area contributed by atoms with E-state index >= 15 is 0 Å². The molecule has 0 fully saturated rings. The maximum Gasteiger partial charge on any atom is 0.342 e. The van der Waals surface area contributed by atoms with E-state index in [0.717, 1.165) is 16.9 Å². The number of benzene rings is 1. The Morgan fingerprint density at radius 2 is 1.63 bits per heavy atom. The quantitative estimate of drug-likeness (QED) is 0.0723. The van der Waals surface area contributed by atoms with Crippen molar-refractivity contribution in [3.63, 3.8) is 0 Å². The highest BCUT2D eigenvalue weighted by Gasteiger charge is 2.31. The Morgan fingerprint density at radius 3 is 2.26 bits per heavy atom. The molecule has 3 amide bonds. The minimum Gasteiger partial charge on any atom is -0.481 e. The second kappa shape index (κ2) is 18.0. The minimum absolute atomic E-state index is 0.0544. The van der Waals surface area contributed by atoms with Crippen molar-refractivity contribution in [1.82, 2.24) is 30.7 Å². The second-order valence-electron chi connectivity index (χ2n) is 9.78. The maximum absolute atomic E-state index is 12.3. The van der Waals surface area contributed by atoms with Gasteiger partial charge in [-0.3, -0.25) is 19.2 Å². The van der Waals surface area contributed by atoms with Crippen molar-refractivity contribution in [2.45, 2.75) is 76.3 Å². The van der Waals surface area contributed by atoms with Gasteiger partial charge in [0, 0.05) is 19.4 Å². The standard InChI is InChI=1S/C27H37FN6O9/c28-15-4-6-19-17-33(32-31-19)20-11-9-18(10-12-20)5-3-8-23(35)29-16-2-1-7-21(25(38)39)30-27(42)34(43)22(26(40)41)13-14-24(36)37/h9-12,17,21-22,43H,1-8,13-16H2,(H,29,35)(H,30,42)(H,36,37)(H,38,39)(H,40,41)/t21-,22?/m0/s1. The summed E-state index contributed by atoms with van der Waals surface area (Å²) in [6.45, 7) is -0.125. The first kappa shape index (κ1) is 34.6. The molecule has 0 spiro atoms. The predicted octanol–water partition coefficient (Wildman–Crippen LogP) is 1.95. The zero-order chi connectivity index (χ0) is 31.8. The molecule has 1 aromatic heterocycles. The van der Waals surface area contributed by atoms with Crippen molar-refractivity contribution in [3.8, 4) is 5.69 Å². The van der Waals surface area contributed by atoms with Gasteiger partial charge >= 0.3 is 23.9 Å². The van der Waals surface area contributed by atoms with Gasteiger partial charge in [0.25, 0.3) is 0 Å². The van der Waals surface area contributed by atoms with E-state index in [4.69, 9.17) is 10.2 Å². The number of hydrogen-bond acceptors (Lipinski definition) is 8. The number of alkyl halides is 1. The number of nitrogens with zero attached hydrogens (tertiary/aromatic N) is 4. The molecule has 16 heteroatoms. The van der Waals surface area contributed by atoms with Gasteiger partial charge in [-0.1, -0.05) is 17.3 Å². The molecule has 0 saturated carbocycles. The summed E-state index contributed by atoms with van der Waals surface area (Å²) in [5.74, 6) is -4.55. The molecule has 1 heterocycles. The van der Waals surface area contributed by atoms with E-state index in [1.54, 1.807) is 10.9 Å². The number of carboxylic acid groups (broad SMARTS) is 3. The molecule has 15 nitrogen and oxygen atoms in total. The van der Waals surface area contributed by atoms with Crippen LogP contribution in [0.2, 0.25) is 0 Å². The van der Waals surface area contributed by atoms with E-state index in [0.29, 0.717) is 38.5 Å². The number of unbranched alkanes of at least 4 members (excludes halogenated alkanes) is 1. The Bertz CT molecular complexity index is 1220. The van der Waals surface area contributed by atoms with Crippen molar-refractivity contribution in [2.24, 2.45) is 0 Å². The monoisotopic (exact) mass is 608 g/mol. The van der Waals surface area contributed by atoms with Gasteiger partial charge < -0.3 is 26.0 Å². The predicted molar refractivity (Wildman–Crippen MR) is 147 cm³/mol. The number of carboxylic acids is 3. The summed E-state index contributed by atoms with van der Waals surface area (Å²) in [5.41, 5.74) is 2.57. The topological polar surface area (TPSA) is 224 Å². The zero-order valence-corrected chi connectivity index (χ0v) is 23.5. The van der Waals surface area contributed by atoms with E-state index in [9.17, 15) is 38.7 Å². The molecule has 0 aliphatic carbocycles. The number of urea groups is 1.